The Morgan fingerprint density at radius 3 is 2.94 bits per heavy atom. The van der Waals surface area contributed by atoms with Gasteiger partial charge in [0.15, 0.2) is 0 Å². The Hall–Kier alpha value is -1.62. The van der Waals surface area contributed by atoms with Gasteiger partial charge in [0.1, 0.15) is 10.8 Å². The van der Waals surface area contributed by atoms with Crippen molar-refractivity contribution in [3.63, 3.8) is 0 Å². The normalized spacial score (nSPS) is 10.2. The largest absolute Gasteiger partial charge is 0.378 e. The number of nitrogens with zero attached hydrogens (tertiary/aromatic N) is 2. The Morgan fingerprint density at radius 1 is 1.24 bits per heavy atom. The number of nitrogens with one attached hydrogen (secondary N) is 2. The quantitative estimate of drug-likeness (QED) is 0.825. The van der Waals surface area contributed by atoms with Crippen LogP contribution in [0.25, 0.3) is 0 Å². The van der Waals surface area contributed by atoms with Crippen molar-refractivity contribution in [2.45, 2.75) is 19.9 Å². The van der Waals surface area contributed by atoms with Crippen molar-refractivity contribution in [1.29, 1.82) is 0 Å². The minimum absolute atomic E-state index is 0.759. The van der Waals surface area contributed by atoms with Crippen molar-refractivity contribution in [3.05, 3.63) is 34.9 Å². The van der Waals surface area contributed by atoms with Gasteiger partial charge in [0.25, 0.3) is 0 Å². The van der Waals surface area contributed by atoms with Crippen molar-refractivity contribution in [1.82, 2.24) is 9.97 Å². The molecule has 4 nitrogen and oxygen atoms in total. The minimum atomic E-state index is 0.759. The first-order valence-corrected chi connectivity index (χ1v) is 6.58. The van der Waals surface area contributed by atoms with Gasteiger partial charge < -0.3 is 10.6 Å². The van der Waals surface area contributed by atoms with Gasteiger partial charge >= 0.3 is 0 Å². The topological polar surface area (TPSA) is 49.8 Å². The van der Waals surface area contributed by atoms with E-state index in [1.54, 1.807) is 11.3 Å². The highest BCUT2D eigenvalue weighted by Crippen LogP contribution is 2.14. The SMILES string of the molecule is CCCNc1cc(NCc2nccs2)ccn1. The second kappa shape index (κ2) is 6.20. The van der Waals surface area contributed by atoms with E-state index in [1.165, 1.54) is 0 Å². The van der Waals surface area contributed by atoms with Crippen molar-refractivity contribution in [2.75, 3.05) is 17.2 Å². The Balaban J connectivity index is 1.91. The molecule has 0 aliphatic carbocycles. The molecule has 17 heavy (non-hydrogen) atoms. The van der Waals surface area contributed by atoms with Crippen LogP contribution in [0.3, 0.4) is 0 Å². The summed E-state index contributed by atoms with van der Waals surface area (Å²) in [7, 11) is 0. The Bertz CT molecular complexity index is 442. The van der Waals surface area contributed by atoms with Crippen LogP contribution in [0.4, 0.5) is 11.5 Å². The van der Waals surface area contributed by atoms with Gasteiger partial charge in [-0.25, -0.2) is 9.97 Å². The number of anilines is 2. The van der Waals surface area contributed by atoms with E-state index in [4.69, 9.17) is 0 Å². The van der Waals surface area contributed by atoms with Crippen LogP contribution in [0.2, 0.25) is 0 Å². The Kier molecular flexibility index (Phi) is 4.32. The van der Waals surface area contributed by atoms with Gasteiger partial charge in [-0.2, -0.15) is 0 Å². The van der Waals surface area contributed by atoms with Gasteiger partial charge in [-0.05, 0) is 12.5 Å². The number of hydrogen-bond donors (Lipinski definition) is 2. The number of hydrogen-bond acceptors (Lipinski definition) is 5. The second-order valence-corrected chi connectivity index (χ2v) is 4.62. The van der Waals surface area contributed by atoms with Gasteiger partial charge in [0, 0.05) is 36.1 Å². The lowest BCUT2D eigenvalue weighted by Gasteiger charge is -2.07. The van der Waals surface area contributed by atoms with E-state index in [-0.39, 0.29) is 0 Å². The summed E-state index contributed by atoms with van der Waals surface area (Å²) in [5.74, 6) is 0.913. The third-order valence-corrected chi connectivity index (χ3v) is 3.02. The van der Waals surface area contributed by atoms with Crippen LogP contribution in [0, 0.1) is 0 Å². The van der Waals surface area contributed by atoms with E-state index in [0.29, 0.717) is 0 Å². The van der Waals surface area contributed by atoms with Gasteiger partial charge in [0.2, 0.25) is 0 Å². The molecule has 0 amide bonds. The maximum absolute atomic E-state index is 4.26. The first kappa shape index (κ1) is 11.9. The number of thiazole rings is 1. The second-order valence-electron chi connectivity index (χ2n) is 3.64. The van der Waals surface area contributed by atoms with E-state index >= 15 is 0 Å². The van der Waals surface area contributed by atoms with Crippen molar-refractivity contribution in [2.24, 2.45) is 0 Å². The lowest BCUT2D eigenvalue weighted by molar-refractivity contribution is 0.969. The van der Waals surface area contributed by atoms with Crippen LogP contribution >= 0.6 is 11.3 Å². The molecule has 0 spiro atoms. The summed E-state index contributed by atoms with van der Waals surface area (Å²) in [5, 5.41) is 9.67. The summed E-state index contributed by atoms with van der Waals surface area (Å²) in [4.78, 5) is 8.49. The lowest BCUT2D eigenvalue weighted by atomic mass is 10.3. The molecule has 2 N–H and O–H groups in total. The van der Waals surface area contributed by atoms with E-state index in [2.05, 4.69) is 27.5 Å². The molecule has 2 heterocycles. The van der Waals surface area contributed by atoms with Crippen molar-refractivity contribution in [3.8, 4) is 0 Å². The maximum atomic E-state index is 4.26. The van der Waals surface area contributed by atoms with E-state index in [0.717, 1.165) is 36.0 Å². The van der Waals surface area contributed by atoms with Gasteiger partial charge in [0.05, 0.1) is 6.54 Å². The highest BCUT2D eigenvalue weighted by molar-refractivity contribution is 7.09. The summed E-state index contributed by atoms with van der Waals surface area (Å²) in [6.07, 6.45) is 4.73. The van der Waals surface area contributed by atoms with Gasteiger partial charge in [-0.15, -0.1) is 11.3 Å². The fraction of sp³-hybridized carbons (Fsp3) is 0.333. The Morgan fingerprint density at radius 2 is 2.18 bits per heavy atom. The van der Waals surface area contributed by atoms with Crippen LogP contribution in [-0.2, 0) is 6.54 Å². The lowest BCUT2D eigenvalue weighted by Crippen LogP contribution is -2.03. The predicted molar refractivity (Wildman–Crippen MR) is 72.5 cm³/mol. The minimum Gasteiger partial charge on any atom is -0.378 e. The highest BCUT2D eigenvalue weighted by atomic mass is 32.1. The van der Waals surface area contributed by atoms with E-state index in [9.17, 15) is 0 Å². The zero-order chi connectivity index (χ0) is 11.9. The molecule has 0 radical (unpaired) electrons. The molecule has 0 bridgehead atoms. The van der Waals surface area contributed by atoms with Crippen LogP contribution in [0.15, 0.2) is 29.9 Å². The fourth-order valence-corrected chi connectivity index (χ4v) is 1.96. The zero-order valence-electron chi connectivity index (χ0n) is 9.81. The van der Waals surface area contributed by atoms with E-state index in [1.807, 2.05) is 29.9 Å². The molecule has 0 atom stereocenters. The molecule has 2 aromatic heterocycles. The van der Waals surface area contributed by atoms with Crippen molar-refractivity contribution < 1.29 is 0 Å². The van der Waals surface area contributed by atoms with Gasteiger partial charge in [-0.1, -0.05) is 6.92 Å². The summed E-state index contributed by atoms with van der Waals surface area (Å²) >= 11 is 1.66. The number of pyridine rings is 1. The molecule has 2 aromatic rings. The third-order valence-electron chi connectivity index (χ3n) is 2.24. The molecule has 0 aliphatic rings. The smallest absolute Gasteiger partial charge is 0.127 e. The van der Waals surface area contributed by atoms with Gasteiger partial charge in [-0.3, -0.25) is 0 Å². The van der Waals surface area contributed by atoms with E-state index < -0.39 is 0 Å². The average molecular weight is 248 g/mol. The molecule has 0 saturated heterocycles. The number of rotatable bonds is 6. The zero-order valence-corrected chi connectivity index (χ0v) is 10.6. The fourth-order valence-electron chi connectivity index (χ4n) is 1.41. The highest BCUT2D eigenvalue weighted by Gasteiger charge is 1.98. The molecular formula is C12H16N4S. The molecule has 90 valence electrons. The molecular weight excluding hydrogens is 232 g/mol. The number of aromatic nitrogens is 2. The van der Waals surface area contributed by atoms with Crippen LogP contribution in [0.1, 0.15) is 18.4 Å². The average Bonchev–Trinajstić information content (AvgIpc) is 2.87. The van der Waals surface area contributed by atoms with Crippen LogP contribution < -0.4 is 10.6 Å². The predicted octanol–water partition coefficient (Wildman–Crippen LogP) is 2.97. The monoisotopic (exact) mass is 248 g/mol. The summed E-state index contributed by atoms with van der Waals surface area (Å²) in [6, 6.07) is 3.98. The first-order chi connectivity index (χ1) is 8.38. The van der Waals surface area contributed by atoms with Crippen molar-refractivity contribution >= 4 is 22.8 Å². The molecule has 0 aromatic carbocycles. The molecule has 5 heteroatoms. The van der Waals surface area contributed by atoms with Crippen LogP contribution in [-0.4, -0.2) is 16.5 Å². The molecule has 0 saturated carbocycles. The summed E-state index contributed by atoms with van der Waals surface area (Å²) in [6.45, 7) is 3.84. The maximum Gasteiger partial charge on any atom is 0.127 e. The third kappa shape index (κ3) is 3.71. The molecule has 0 unspecified atom stereocenters. The standard InChI is InChI=1S/C12H16N4S/c1-2-4-13-11-8-10(3-5-14-11)16-9-12-15-6-7-17-12/h3,5-8H,2,4,9H2,1H3,(H2,13,14,16). The first-order valence-electron chi connectivity index (χ1n) is 5.70. The Labute approximate surface area is 105 Å². The molecule has 2 rings (SSSR count). The molecule has 0 aliphatic heterocycles. The van der Waals surface area contributed by atoms with Crippen LogP contribution in [0.5, 0.6) is 0 Å². The summed E-state index contributed by atoms with van der Waals surface area (Å²) in [5.41, 5.74) is 1.06. The summed E-state index contributed by atoms with van der Waals surface area (Å²) < 4.78 is 0. The molecule has 0 fully saturated rings.